The highest BCUT2D eigenvalue weighted by atomic mass is 79.9. The summed E-state index contributed by atoms with van der Waals surface area (Å²) in [6, 6.07) is 18.5. The van der Waals surface area contributed by atoms with Crippen molar-refractivity contribution in [2.24, 2.45) is 17.8 Å². The molecule has 6 atom stereocenters. The number of rotatable bonds is 6. The van der Waals surface area contributed by atoms with Gasteiger partial charge in [-0.2, -0.15) is 0 Å². The van der Waals surface area contributed by atoms with Gasteiger partial charge < -0.3 is 9.84 Å². The van der Waals surface area contributed by atoms with Gasteiger partial charge in [0.2, 0.25) is 11.8 Å². The van der Waals surface area contributed by atoms with Gasteiger partial charge in [-0.3, -0.25) is 24.1 Å². The molecule has 2 saturated heterocycles. The first kappa shape index (κ1) is 31.1. The Balaban J connectivity index is 1.40. The average molecular weight is 728 g/mol. The minimum Gasteiger partial charge on any atom is -0.491 e. The van der Waals surface area contributed by atoms with Gasteiger partial charge in [-0.15, -0.1) is 23.2 Å². The number of para-hydroxylation sites is 1. The SMILES string of the molecule is O=C1[C@H]2[C@H](CC=C3[C@H]2C[C@@]2(Cl)C(=O)N(c4ccc(F)cc4)C(=O)[C@@]2(Cl)[C@H]3c2ccccc2OCCO)C(=O)N1c1ccc(Br)cc1. The molecule has 0 radical (unpaired) electrons. The molecule has 0 spiro atoms. The van der Waals surface area contributed by atoms with Crippen molar-refractivity contribution in [3.05, 3.63) is 100 Å². The molecule has 8 nitrogen and oxygen atoms in total. The van der Waals surface area contributed by atoms with Crippen molar-refractivity contribution >= 4 is 74.1 Å². The zero-order valence-electron chi connectivity index (χ0n) is 24.0. The van der Waals surface area contributed by atoms with Gasteiger partial charge in [0.25, 0.3) is 11.8 Å². The number of amides is 4. The van der Waals surface area contributed by atoms with E-state index >= 15 is 0 Å². The second kappa shape index (κ2) is 11.3. The fraction of sp³-hybridized carbons (Fsp3) is 0.294. The number of hydrogen-bond donors (Lipinski definition) is 1. The van der Waals surface area contributed by atoms with Gasteiger partial charge in [-0.25, -0.2) is 9.29 Å². The van der Waals surface area contributed by atoms with Gasteiger partial charge in [0.1, 0.15) is 18.2 Å². The average Bonchev–Trinajstić information content (AvgIpc) is 3.39. The lowest BCUT2D eigenvalue weighted by Gasteiger charge is -2.50. The van der Waals surface area contributed by atoms with Crippen molar-refractivity contribution in [1.82, 2.24) is 0 Å². The number of ether oxygens (including phenoxy) is 1. The second-order valence-electron chi connectivity index (χ2n) is 11.8. The lowest BCUT2D eigenvalue weighted by Crippen LogP contribution is -2.60. The lowest BCUT2D eigenvalue weighted by atomic mass is 9.56. The molecule has 3 fully saturated rings. The Bertz CT molecular complexity index is 1820. The molecule has 1 N–H and O–H groups in total. The third-order valence-corrected chi connectivity index (χ3v) is 11.5. The van der Waals surface area contributed by atoms with Crippen LogP contribution in [-0.4, -0.2) is 51.7 Å². The van der Waals surface area contributed by atoms with E-state index in [2.05, 4.69) is 15.9 Å². The van der Waals surface area contributed by atoms with Crippen LogP contribution in [0.15, 0.2) is 88.9 Å². The number of imide groups is 2. The summed E-state index contributed by atoms with van der Waals surface area (Å²) in [7, 11) is 0. The maximum atomic E-state index is 14.5. The smallest absolute Gasteiger partial charge is 0.258 e. The van der Waals surface area contributed by atoms with Crippen LogP contribution in [0.5, 0.6) is 5.75 Å². The lowest BCUT2D eigenvalue weighted by molar-refractivity contribution is -0.125. The first-order valence-corrected chi connectivity index (χ1v) is 16.3. The number of allylic oxidation sites excluding steroid dienone is 2. The first-order valence-electron chi connectivity index (χ1n) is 14.7. The zero-order chi connectivity index (χ0) is 32.5. The van der Waals surface area contributed by atoms with Crippen LogP contribution < -0.4 is 14.5 Å². The van der Waals surface area contributed by atoms with Crippen molar-refractivity contribution in [1.29, 1.82) is 0 Å². The van der Waals surface area contributed by atoms with Gasteiger partial charge in [0.15, 0.2) is 9.75 Å². The molecule has 2 aliphatic carbocycles. The molecule has 46 heavy (non-hydrogen) atoms. The van der Waals surface area contributed by atoms with E-state index in [4.69, 9.17) is 27.9 Å². The molecule has 0 bridgehead atoms. The van der Waals surface area contributed by atoms with E-state index in [9.17, 15) is 28.7 Å². The number of hydrogen-bond acceptors (Lipinski definition) is 6. The molecule has 2 aliphatic heterocycles. The van der Waals surface area contributed by atoms with Crippen molar-refractivity contribution in [3.63, 3.8) is 0 Å². The molecular formula is C34H26BrCl2FN2O6. The summed E-state index contributed by atoms with van der Waals surface area (Å²) in [6.07, 6.45) is 1.85. The fourth-order valence-corrected chi connectivity index (χ4v) is 8.79. The number of nitrogens with zero attached hydrogens (tertiary/aromatic N) is 2. The highest BCUT2D eigenvalue weighted by Crippen LogP contribution is 2.66. The topological polar surface area (TPSA) is 104 Å². The van der Waals surface area contributed by atoms with Crippen molar-refractivity contribution < 1.29 is 33.4 Å². The summed E-state index contributed by atoms with van der Waals surface area (Å²) >= 11 is 18.2. The largest absolute Gasteiger partial charge is 0.491 e. The quantitative estimate of drug-likeness (QED) is 0.198. The molecule has 3 aromatic carbocycles. The predicted octanol–water partition coefficient (Wildman–Crippen LogP) is 5.73. The number of carbonyl (C=O) groups is 4. The molecule has 7 rings (SSSR count). The number of anilines is 2. The van der Waals surface area contributed by atoms with Gasteiger partial charge >= 0.3 is 0 Å². The standard InChI is InChI=1S/C34H26BrCl2FN2O6/c35-18-5-9-20(10-6-18)39-29(42)24-14-13-22-25(27(24)30(39)43)17-33(36)31(44)40(21-11-7-19(38)8-12-21)32(45)34(33,37)28(22)23-3-1-2-4-26(23)46-16-15-41/h1-13,24-25,27-28,41H,14-17H2/t24-,25+,27-,28+,33+,34-/m0/s1. The van der Waals surface area contributed by atoms with Crippen LogP contribution in [0.1, 0.15) is 24.3 Å². The zero-order valence-corrected chi connectivity index (χ0v) is 27.1. The van der Waals surface area contributed by atoms with Crippen molar-refractivity contribution in [2.45, 2.75) is 28.5 Å². The molecule has 2 heterocycles. The number of fused-ring (bicyclic) bond motifs is 4. The summed E-state index contributed by atoms with van der Waals surface area (Å²) in [5.41, 5.74) is 1.56. The van der Waals surface area contributed by atoms with E-state index in [1.807, 2.05) is 6.08 Å². The Hall–Kier alpha value is -3.57. The van der Waals surface area contributed by atoms with E-state index in [1.54, 1.807) is 48.5 Å². The summed E-state index contributed by atoms with van der Waals surface area (Å²) < 4.78 is 20.5. The Labute approximate surface area is 281 Å². The molecule has 0 unspecified atom stereocenters. The van der Waals surface area contributed by atoms with Crippen LogP contribution >= 0.6 is 39.1 Å². The summed E-state index contributed by atoms with van der Waals surface area (Å²) in [5, 5.41) is 9.51. The fourth-order valence-electron chi connectivity index (χ4n) is 7.59. The monoisotopic (exact) mass is 726 g/mol. The Morgan fingerprint density at radius 1 is 0.870 bits per heavy atom. The molecule has 1 saturated carbocycles. The predicted molar refractivity (Wildman–Crippen MR) is 172 cm³/mol. The number of alkyl halides is 2. The number of benzene rings is 3. The van der Waals surface area contributed by atoms with Gasteiger partial charge in [-0.05, 0) is 73.4 Å². The van der Waals surface area contributed by atoms with E-state index in [0.29, 0.717) is 22.6 Å². The van der Waals surface area contributed by atoms with E-state index in [0.717, 1.165) is 21.5 Å². The summed E-state index contributed by atoms with van der Waals surface area (Å²) in [5.74, 6) is -6.01. The normalized spacial score (nSPS) is 30.2. The molecule has 4 amide bonds. The van der Waals surface area contributed by atoms with Gasteiger partial charge in [-0.1, -0.05) is 45.8 Å². The molecule has 12 heteroatoms. The highest BCUT2D eigenvalue weighted by molar-refractivity contribution is 9.10. The van der Waals surface area contributed by atoms with Gasteiger partial charge in [0, 0.05) is 16.0 Å². The minimum atomic E-state index is -2.09. The van der Waals surface area contributed by atoms with Crippen LogP contribution in [0.2, 0.25) is 0 Å². The van der Waals surface area contributed by atoms with E-state index < -0.39 is 57.0 Å². The third-order valence-electron chi connectivity index (χ3n) is 9.56. The van der Waals surface area contributed by atoms with Crippen LogP contribution in [0, 0.1) is 23.6 Å². The second-order valence-corrected chi connectivity index (χ2v) is 14.0. The number of aliphatic hydroxyl groups excluding tert-OH is 1. The molecule has 3 aromatic rings. The first-order chi connectivity index (χ1) is 22.0. The van der Waals surface area contributed by atoms with E-state index in [-0.39, 0.29) is 37.6 Å². The van der Waals surface area contributed by atoms with Crippen LogP contribution in [0.3, 0.4) is 0 Å². The van der Waals surface area contributed by atoms with Crippen molar-refractivity contribution in [2.75, 3.05) is 23.0 Å². The Kier molecular flexibility index (Phi) is 7.62. The Morgan fingerprint density at radius 2 is 1.52 bits per heavy atom. The van der Waals surface area contributed by atoms with Crippen LogP contribution in [0.25, 0.3) is 0 Å². The van der Waals surface area contributed by atoms with Crippen molar-refractivity contribution in [3.8, 4) is 5.75 Å². The molecular weight excluding hydrogens is 702 g/mol. The summed E-state index contributed by atoms with van der Waals surface area (Å²) in [4.78, 5) is 54.8. The highest BCUT2D eigenvalue weighted by Gasteiger charge is 2.77. The number of aliphatic hydroxyl groups is 1. The molecule has 0 aromatic heterocycles. The van der Waals surface area contributed by atoms with Crippen LogP contribution in [0.4, 0.5) is 15.8 Å². The number of carbonyl (C=O) groups excluding carboxylic acids is 4. The van der Waals surface area contributed by atoms with E-state index in [1.165, 1.54) is 17.0 Å². The maximum absolute atomic E-state index is 14.5. The minimum absolute atomic E-state index is 0.0536. The maximum Gasteiger partial charge on any atom is 0.258 e. The molecule has 236 valence electrons. The summed E-state index contributed by atoms with van der Waals surface area (Å²) in [6.45, 7) is -0.334. The number of halogens is 4. The van der Waals surface area contributed by atoms with Gasteiger partial charge in [0.05, 0.1) is 29.8 Å². The molecule has 4 aliphatic rings. The Morgan fingerprint density at radius 3 is 2.22 bits per heavy atom. The van der Waals surface area contributed by atoms with Crippen LogP contribution in [-0.2, 0) is 19.2 Å². The third kappa shape index (κ3) is 4.33.